The van der Waals surface area contributed by atoms with Crippen LogP contribution in [0.2, 0.25) is 0 Å². The van der Waals surface area contributed by atoms with E-state index >= 15 is 0 Å². The molecule has 10 nitrogen and oxygen atoms in total. The summed E-state index contributed by atoms with van der Waals surface area (Å²) in [5, 5.41) is 10.3. The SMILES string of the molecule is COC(=O)[C@]1(C)N[C@H](CN(C)C(=O)C2CCCCC2)[C@@H]2C(=O)N(Cc3ccccc3)C(=O)[C@@H]21.O=C(O)C(F)(F)F. The second-order valence-electron chi connectivity index (χ2n) is 10.6. The Morgan fingerprint density at radius 3 is 2.20 bits per heavy atom. The average Bonchev–Trinajstić information content (AvgIpc) is 3.36. The van der Waals surface area contributed by atoms with Crippen LogP contribution in [0.15, 0.2) is 30.3 Å². The number of rotatable bonds is 6. The van der Waals surface area contributed by atoms with Crippen molar-refractivity contribution >= 4 is 29.7 Å². The summed E-state index contributed by atoms with van der Waals surface area (Å²) in [5.41, 5.74) is -0.496. The Hall–Kier alpha value is -3.48. The van der Waals surface area contributed by atoms with Crippen LogP contribution in [0.1, 0.15) is 44.6 Å². The molecular weight excluding hydrogens is 535 g/mol. The Morgan fingerprint density at radius 1 is 1.10 bits per heavy atom. The molecule has 4 rings (SSSR count). The number of ether oxygens (including phenoxy) is 1. The average molecular weight is 570 g/mol. The second kappa shape index (κ2) is 12.4. The van der Waals surface area contributed by atoms with Gasteiger partial charge in [0.2, 0.25) is 17.7 Å². The standard InChI is InChI=1S/C25H33N3O5.C2HF3O2/c1-25(24(32)33-3)20-19(22(30)28(23(20)31)14-16-10-6-4-7-11-16)18(26-25)15-27(2)21(29)17-12-8-5-9-13-17;3-2(4,5)1(6)7/h4,6-7,10-11,17-20,26H,5,8-9,12-15H2,1-3H3;(H,6,7)/t18-,19+,20-,25-;/m1./s1. The Labute approximate surface area is 229 Å². The molecule has 220 valence electrons. The number of likely N-dealkylation sites (tertiary alicyclic amines) is 1. The molecule has 0 aromatic heterocycles. The van der Waals surface area contributed by atoms with Gasteiger partial charge in [0.05, 0.1) is 25.5 Å². The molecule has 0 radical (unpaired) electrons. The molecule has 13 heteroatoms. The van der Waals surface area contributed by atoms with Crippen molar-refractivity contribution in [1.29, 1.82) is 0 Å². The number of imide groups is 1. The summed E-state index contributed by atoms with van der Waals surface area (Å²) in [7, 11) is 3.02. The van der Waals surface area contributed by atoms with Gasteiger partial charge in [0.25, 0.3) is 0 Å². The Kier molecular flexibility index (Phi) is 9.60. The first-order valence-electron chi connectivity index (χ1n) is 13.0. The summed E-state index contributed by atoms with van der Waals surface area (Å²) >= 11 is 0. The number of halogens is 3. The van der Waals surface area contributed by atoms with Crippen LogP contribution in [-0.2, 0) is 35.3 Å². The molecule has 0 unspecified atom stereocenters. The number of nitrogens with zero attached hydrogens (tertiary/aromatic N) is 2. The Bertz CT molecular complexity index is 1120. The summed E-state index contributed by atoms with van der Waals surface area (Å²) in [6, 6.07) is 8.79. The fourth-order valence-electron chi connectivity index (χ4n) is 5.85. The molecule has 40 heavy (non-hydrogen) atoms. The van der Waals surface area contributed by atoms with E-state index in [1.54, 1.807) is 18.9 Å². The van der Waals surface area contributed by atoms with Crippen molar-refractivity contribution < 1.29 is 47.0 Å². The molecule has 4 atom stereocenters. The van der Waals surface area contributed by atoms with Crippen molar-refractivity contribution in [2.45, 2.75) is 63.3 Å². The number of carbonyl (C=O) groups is 5. The van der Waals surface area contributed by atoms with Crippen LogP contribution >= 0.6 is 0 Å². The number of fused-ring (bicyclic) bond motifs is 1. The molecule has 1 aromatic rings. The van der Waals surface area contributed by atoms with E-state index in [0.717, 1.165) is 37.7 Å². The third kappa shape index (κ3) is 6.45. The maximum atomic E-state index is 13.5. The fourth-order valence-corrected chi connectivity index (χ4v) is 5.85. The summed E-state index contributed by atoms with van der Waals surface area (Å²) in [6.07, 6.45) is -0.0470. The van der Waals surface area contributed by atoms with Crippen LogP contribution in [0.3, 0.4) is 0 Å². The lowest BCUT2D eigenvalue weighted by atomic mass is 9.81. The highest BCUT2D eigenvalue weighted by atomic mass is 19.4. The van der Waals surface area contributed by atoms with Crippen LogP contribution in [-0.4, -0.2) is 83.0 Å². The van der Waals surface area contributed by atoms with E-state index in [1.807, 2.05) is 30.3 Å². The van der Waals surface area contributed by atoms with Gasteiger partial charge in [0.15, 0.2) is 0 Å². The molecule has 3 fully saturated rings. The maximum Gasteiger partial charge on any atom is 0.490 e. The van der Waals surface area contributed by atoms with Crippen molar-refractivity contribution in [2.24, 2.45) is 17.8 Å². The molecule has 2 heterocycles. The van der Waals surface area contributed by atoms with Crippen LogP contribution in [0, 0.1) is 17.8 Å². The lowest BCUT2D eigenvalue weighted by molar-refractivity contribution is -0.192. The topological polar surface area (TPSA) is 133 Å². The van der Waals surface area contributed by atoms with Crippen LogP contribution in [0.4, 0.5) is 13.2 Å². The number of amides is 3. The highest BCUT2D eigenvalue weighted by Crippen LogP contribution is 2.44. The van der Waals surface area contributed by atoms with Gasteiger partial charge in [-0.25, -0.2) is 4.79 Å². The van der Waals surface area contributed by atoms with Gasteiger partial charge in [-0.05, 0) is 25.3 Å². The van der Waals surface area contributed by atoms with Gasteiger partial charge < -0.3 is 14.7 Å². The molecule has 2 aliphatic heterocycles. The predicted octanol–water partition coefficient (Wildman–Crippen LogP) is 2.36. The zero-order chi connectivity index (χ0) is 29.8. The van der Waals surface area contributed by atoms with Crippen LogP contribution in [0.25, 0.3) is 0 Å². The van der Waals surface area contributed by atoms with Crippen LogP contribution in [0.5, 0.6) is 0 Å². The van der Waals surface area contributed by atoms with Gasteiger partial charge in [-0.2, -0.15) is 13.2 Å². The van der Waals surface area contributed by atoms with Gasteiger partial charge in [-0.15, -0.1) is 0 Å². The summed E-state index contributed by atoms with van der Waals surface area (Å²) < 4.78 is 36.8. The first-order valence-corrected chi connectivity index (χ1v) is 13.0. The molecule has 3 amide bonds. The Morgan fingerprint density at radius 2 is 1.68 bits per heavy atom. The zero-order valence-electron chi connectivity index (χ0n) is 22.6. The van der Waals surface area contributed by atoms with Gasteiger partial charge in [0.1, 0.15) is 5.54 Å². The quantitative estimate of drug-likeness (QED) is 0.394. The van der Waals surface area contributed by atoms with E-state index in [2.05, 4.69) is 5.32 Å². The number of hydrogen-bond donors (Lipinski definition) is 2. The maximum absolute atomic E-state index is 13.5. The number of carboxylic acids is 1. The van der Waals surface area contributed by atoms with E-state index in [0.29, 0.717) is 0 Å². The molecule has 3 aliphatic rings. The minimum atomic E-state index is -5.08. The third-order valence-corrected chi connectivity index (χ3v) is 7.82. The number of esters is 1. The predicted molar refractivity (Wildman–Crippen MR) is 134 cm³/mol. The van der Waals surface area contributed by atoms with E-state index < -0.39 is 41.5 Å². The number of alkyl halides is 3. The van der Waals surface area contributed by atoms with E-state index in [4.69, 9.17) is 14.6 Å². The largest absolute Gasteiger partial charge is 0.490 e. The number of nitrogens with one attached hydrogen (secondary N) is 1. The second-order valence-corrected chi connectivity index (χ2v) is 10.6. The lowest BCUT2D eigenvalue weighted by Crippen LogP contribution is -2.56. The molecule has 1 aromatic carbocycles. The normalized spacial score (nSPS) is 26.6. The van der Waals surface area contributed by atoms with Gasteiger partial charge in [-0.3, -0.25) is 29.4 Å². The number of likely N-dealkylation sites (N-methyl/N-ethyl adjacent to an activating group) is 1. The zero-order valence-corrected chi connectivity index (χ0v) is 22.6. The molecule has 0 bridgehead atoms. The third-order valence-electron chi connectivity index (χ3n) is 7.82. The minimum absolute atomic E-state index is 0.00318. The first-order chi connectivity index (χ1) is 18.7. The number of benzene rings is 1. The number of aliphatic carboxylic acids is 1. The smallest absolute Gasteiger partial charge is 0.475 e. The van der Waals surface area contributed by atoms with Gasteiger partial charge >= 0.3 is 18.1 Å². The number of hydrogen-bond acceptors (Lipinski definition) is 7. The van der Waals surface area contributed by atoms with E-state index in [1.165, 1.54) is 12.0 Å². The first kappa shape index (κ1) is 31.1. The van der Waals surface area contributed by atoms with Crippen LogP contribution < -0.4 is 5.32 Å². The van der Waals surface area contributed by atoms with Gasteiger partial charge in [-0.1, -0.05) is 49.6 Å². The van der Waals surface area contributed by atoms with Crippen molar-refractivity contribution in [3.05, 3.63) is 35.9 Å². The molecule has 1 aliphatic carbocycles. The van der Waals surface area contributed by atoms with E-state index in [-0.39, 0.29) is 36.7 Å². The fraction of sp³-hybridized carbons (Fsp3) is 0.593. The minimum Gasteiger partial charge on any atom is -0.475 e. The molecular formula is C27H34F3N3O7. The molecule has 1 saturated carbocycles. The van der Waals surface area contributed by atoms with Crippen molar-refractivity contribution in [2.75, 3.05) is 20.7 Å². The highest BCUT2D eigenvalue weighted by Gasteiger charge is 2.66. The monoisotopic (exact) mass is 569 g/mol. The van der Waals surface area contributed by atoms with Gasteiger partial charge in [0, 0.05) is 25.6 Å². The summed E-state index contributed by atoms with van der Waals surface area (Å²) in [6.45, 7) is 2.03. The number of methoxy groups -OCH3 is 1. The van der Waals surface area contributed by atoms with E-state index in [9.17, 15) is 32.3 Å². The van der Waals surface area contributed by atoms with Crippen molar-refractivity contribution in [3.63, 3.8) is 0 Å². The number of carbonyl (C=O) groups excluding carboxylic acids is 4. The lowest BCUT2D eigenvalue weighted by Gasteiger charge is -2.31. The Balaban J connectivity index is 0.000000559. The van der Waals surface area contributed by atoms with Crippen molar-refractivity contribution in [3.8, 4) is 0 Å². The summed E-state index contributed by atoms with van der Waals surface area (Å²) in [4.78, 5) is 64.5. The van der Waals surface area contributed by atoms with Crippen molar-refractivity contribution in [1.82, 2.24) is 15.1 Å². The summed E-state index contributed by atoms with van der Waals surface area (Å²) in [5.74, 6) is -5.55. The molecule has 2 N–H and O–H groups in total. The highest BCUT2D eigenvalue weighted by molar-refractivity contribution is 6.09. The molecule has 0 spiro atoms. The molecule has 2 saturated heterocycles. The number of carboxylic acid groups (broad SMARTS) is 1.